The van der Waals surface area contributed by atoms with Gasteiger partial charge in [-0.3, -0.25) is 0 Å². The molecule has 1 heterocycles. The lowest BCUT2D eigenvalue weighted by Gasteiger charge is -1.95. The van der Waals surface area contributed by atoms with Crippen LogP contribution in [-0.2, 0) is 7.05 Å². The molecule has 0 fully saturated rings. The molecule has 1 aromatic carbocycles. The van der Waals surface area contributed by atoms with Crippen molar-refractivity contribution in [2.24, 2.45) is 7.05 Å². The van der Waals surface area contributed by atoms with E-state index < -0.39 is 0 Å². The quantitative estimate of drug-likeness (QED) is 0.673. The van der Waals surface area contributed by atoms with E-state index >= 15 is 0 Å². The number of hydrogen-bond acceptors (Lipinski definition) is 1. The number of benzene rings is 1. The highest BCUT2D eigenvalue weighted by atomic mass is 79.9. The van der Waals surface area contributed by atoms with Crippen LogP contribution in [0.4, 0.5) is 0 Å². The lowest BCUT2D eigenvalue weighted by molar-refractivity contribution is 0.912. The maximum absolute atomic E-state index is 4.35. The van der Waals surface area contributed by atoms with Crippen LogP contribution in [0.15, 0.2) is 22.9 Å². The van der Waals surface area contributed by atoms with Gasteiger partial charge in [-0.1, -0.05) is 6.07 Å². The first kappa shape index (κ1) is 7.80. The fourth-order valence-corrected chi connectivity index (χ4v) is 1.66. The van der Waals surface area contributed by atoms with Gasteiger partial charge in [-0.25, -0.2) is 4.98 Å². The van der Waals surface area contributed by atoms with Crippen molar-refractivity contribution in [3.63, 3.8) is 0 Å². The summed E-state index contributed by atoms with van der Waals surface area (Å²) in [7, 11) is 1.99. The third-order valence-electron chi connectivity index (χ3n) is 1.98. The first-order valence-electron chi connectivity index (χ1n) is 3.77. The van der Waals surface area contributed by atoms with Crippen molar-refractivity contribution in [1.29, 1.82) is 0 Å². The second-order valence-electron chi connectivity index (χ2n) is 2.93. The Hall–Kier alpha value is -0.830. The van der Waals surface area contributed by atoms with E-state index in [4.69, 9.17) is 0 Å². The van der Waals surface area contributed by atoms with Crippen molar-refractivity contribution in [2.75, 3.05) is 0 Å². The Bertz CT molecular complexity index is 431. The minimum absolute atomic E-state index is 0.878. The molecule has 2 aromatic rings. The Morgan fingerprint density at radius 3 is 2.92 bits per heavy atom. The van der Waals surface area contributed by atoms with Crippen LogP contribution in [-0.4, -0.2) is 9.55 Å². The van der Waals surface area contributed by atoms with Crippen molar-refractivity contribution in [3.05, 3.63) is 28.5 Å². The summed E-state index contributed by atoms with van der Waals surface area (Å²) in [4.78, 5) is 4.35. The van der Waals surface area contributed by atoms with Crippen LogP contribution < -0.4 is 0 Å². The van der Waals surface area contributed by atoms with Crippen LogP contribution in [0.1, 0.15) is 5.56 Å². The van der Waals surface area contributed by atoms with Crippen LogP contribution in [0.5, 0.6) is 0 Å². The number of fused-ring (bicyclic) bond motifs is 1. The number of imidazole rings is 1. The average molecular weight is 225 g/mol. The normalized spacial score (nSPS) is 10.9. The number of rotatable bonds is 0. The SMILES string of the molecule is Cc1ccc2c(c1)nc(Br)n2C. The van der Waals surface area contributed by atoms with Crippen LogP contribution in [0.3, 0.4) is 0 Å². The predicted octanol–water partition coefficient (Wildman–Crippen LogP) is 2.64. The zero-order valence-electron chi connectivity index (χ0n) is 7.00. The monoisotopic (exact) mass is 224 g/mol. The summed E-state index contributed by atoms with van der Waals surface area (Å²) in [5, 5.41) is 0. The number of aryl methyl sites for hydroxylation is 2. The van der Waals surface area contributed by atoms with Gasteiger partial charge in [0.25, 0.3) is 0 Å². The van der Waals surface area contributed by atoms with Crippen molar-refractivity contribution in [2.45, 2.75) is 6.92 Å². The minimum atomic E-state index is 0.878. The van der Waals surface area contributed by atoms with Crippen LogP contribution in [0.2, 0.25) is 0 Å². The molecular formula is C9H9BrN2. The highest BCUT2D eigenvalue weighted by Crippen LogP contribution is 2.19. The summed E-state index contributed by atoms with van der Waals surface area (Å²) < 4.78 is 2.90. The van der Waals surface area contributed by atoms with Gasteiger partial charge in [0.1, 0.15) is 0 Å². The zero-order valence-corrected chi connectivity index (χ0v) is 8.59. The molecule has 0 bridgehead atoms. The van der Waals surface area contributed by atoms with Gasteiger partial charge < -0.3 is 4.57 Å². The largest absolute Gasteiger partial charge is 0.322 e. The first-order valence-corrected chi connectivity index (χ1v) is 4.56. The van der Waals surface area contributed by atoms with Crippen molar-refractivity contribution in [1.82, 2.24) is 9.55 Å². The zero-order chi connectivity index (χ0) is 8.72. The molecule has 0 amide bonds. The minimum Gasteiger partial charge on any atom is -0.322 e. The molecule has 0 aliphatic heterocycles. The fourth-order valence-electron chi connectivity index (χ4n) is 1.28. The van der Waals surface area contributed by atoms with Gasteiger partial charge >= 0.3 is 0 Å². The standard InChI is InChI=1S/C9H9BrN2/c1-6-3-4-8-7(5-6)11-9(10)12(8)2/h3-5H,1-2H3. The molecule has 0 unspecified atom stereocenters. The first-order chi connectivity index (χ1) is 5.68. The third kappa shape index (κ3) is 1.05. The van der Waals surface area contributed by atoms with E-state index in [-0.39, 0.29) is 0 Å². The highest BCUT2D eigenvalue weighted by molar-refractivity contribution is 9.10. The Kier molecular flexibility index (Phi) is 1.68. The molecule has 3 heteroatoms. The smallest absolute Gasteiger partial charge is 0.177 e. The van der Waals surface area contributed by atoms with E-state index in [0.29, 0.717) is 0 Å². The summed E-state index contributed by atoms with van der Waals surface area (Å²) in [6.07, 6.45) is 0. The Morgan fingerprint density at radius 1 is 1.42 bits per heavy atom. The number of hydrogen-bond donors (Lipinski definition) is 0. The van der Waals surface area contributed by atoms with E-state index in [2.05, 4.69) is 46.0 Å². The Labute approximate surface area is 79.3 Å². The van der Waals surface area contributed by atoms with Gasteiger partial charge in [0, 0.05) is 7.05 Å². The van der Waals surface area contributed by atoms with Gasteiger partial charge in [0.2, 0.25) is 0 Å². The second kappa shape index (κ2) is 2.59. The van der Waals surface area contributed by atoms with Gasteiger partial charge in [-0.15, -0.1) is 0 Å². The third-order valence-corrected chi connectivity index (χ3v) is 2.69. The molecule has 0 saturated heterocycles. The van der Waals surface area contributed by atoms with Crippen LogP contribution >= 0.6 is 15.9 Å². The fraction of sp³-hybridized carbons (Fsp3) is 0.222. The molecule has 0 aliphatic carbocycles. The lowest BCUT2D eigenvalue weighted by Crippen LogP contribution is -1.86. The maximum Gasteiger partial charge on any atom is 0.177 e. The highest BCUT2D eigenvalue weighted by Gasteiger charge is 2.03. The molecule has 62 valence electrons. The van der Waals surface area contributed by atoms with E-state index in [0.717, 1.165) is 15.8 Å². The molecule has 0 N–H and O–H groups in total. The molecule has 12 heavy (non-hydrogen) atoms. The Balaban J connectivity index is 2.87. The molecule has 2 nitrogen and oxygen atoms in total. The summed E-state index contributed by atoms with van der Waals surface area (Å²) in [6.45, 7) is 2.07. The molecular weight excluding hydrogens is 216 g/mol. The average Bonchev–Trinajstić information content (AvgIpc) is 2.28. The van der Waals surface area contributed by atoms with Gasteiger partial charge in [0.05, 0.1) is 11.0 Å². The summed E-state index contributed by atoms with van der Waals surface area (Å²) in [6, 6.07) is 6.26. The number of halogens is 1. The molecule has 1 aromatic heterocycles. The van der Waals surface area contributed by atoms with E-state index in [1.165, 1.54) is 5.56 Å². The number of nitrogens with zero attached hydrogens (tertiary/aromatic N) is 2. The summed E-state index contributed by atoms with van der Waals surface area (Å²) in [5.74, 6) is 0. The van der Waals surface area contributed by atoms with E-state index in [9.17, 15) is 0 Å². The lowest BCUT2D eigenvalue weighted by atomic mass is 10.2. The van der Waals surface area contributed by atoms with Gasteiger partial charge in [0.15, 0.2) is 4.73 Å². The molecule has 0 aliphatic rings. The molecule has 0 atom stereocenters. The van der Waals surface area contributed by atoms with E-state index in [1.54, 1.807) is 0 Å². The van der Waals surface area contributed by atoms with Gasteiger partial charge in [-0.2, -0.15) is 0 Å². The summed E-state index contributed by atoms with van der Waals surface area (Å²) in [5.41, 5.74) is 3.45. The Morgan fingerprint density at radius 2 is 2.17 bits per heavy atom. The number of aromatic nitrogens is 2. The maximum atomic E-state index is 4.35. The second-order valence-corrected chi connectivity index (χ2v) is 3.64. The predicted molar refractivity (Wildman–Crippen MR) is 53.2 cm³/mol. The molecule has 0 spiro atoms. The van der Waals surface area contributed by atoms with Crippen LogP contribution in [0, 0.1) is 6.92 Å². The van der Waals surface area contributed by atoms with Crippen molar-refractivity contribution in [3.8, 4) is 0 Å². The molecule has 0 radical (unpaired) electrons. The molecule has 2 rings (SSSR count). The molecule has 0 saturated carbocycles. The summed E-state index contributed by atoms with van der Waals surface area (Å²) >= 11 is 3.38. The van der Waals surface area contributed by atoms with E-state index in [1.807, 2.05) is 11.6 Å². The van der Waals surface area contributed by atoms with Gasteiger partial charge in [-0.05, 0) is 40.5 Å². The van der Waals surface area contributed by atoms with Crippen molar-refractivity contribution >= 4 is 27.0 Å². The van der Waals surface area contributed by atoms with Crippen LogP contribution in [0.25, 0.3) is 11.0 Å². The topological polar surface area (TPSA) is 17.8 Å². The van der Waals surface area contributed by atoms with Crippen molar-refractivity contribution < 1.29 is 0 Å².